The van der Waals surface area contributed by atoms with Crippen LogP contribution in [0.1, 0.15) is 32.2 Å². The first-order valence-corrected chi connectivity index (χ1v) is 6.12. The molecule has 1 aromatic rings. The fourth-order valence-electron chi connectivity index (χ4n) is 1.75. The minimum Gasteiger partial charge on any atom is -0.375 e. The van der Waals surface area contributed by atoms with E-state index in [4.69, 9.17) is 10.5 Å². The van der Waals surface area contributed by atoms with Gasteiger partial charge in [-0.3, -0.25) is 4.68 Å². The monoisotopic (exact) mass is 225 g/mol. The minimum absolute atomic E-state index is 0.0694. The zero-order chi connectivity index (χ0) is 12.0. The van der Waals surface area contributed by atoms with E-state index in [1.54, 1.807) is 0 Å². The summed E-state index contributed by atoms with van der Waals surface area (Å²) in [6.07, 6.45) is 2.04. The smallest absolute Gasteiger partial charge is 0.0892 e. The molecule has 1 atom stereocenters. The highest BCUT2D eigenvalue weighted by Gasteiger charge is 2.11. The molecule has 4 nitrogen and oxygen atoms in total. The van der Waals surface area contributed by atoms with Gasteiger partial charge in [-0.25, -0.2) is 0 Å². The van der Waals surface area contributed by atoms with Gasteiger partial charge in [-0.15, -0.1) is 0 Å². The molecule has 1 rings (SSSR count). The molecule has 92 valence electrons. The molecule has 0 aliphatic heterocycles. The molecule has 0 fully saturated rings. The van der Waals surface area contributed by atoms with E-state index in [9.17, 15) is 0 Å². The first kappa shape index (κ1) is 13.2. The van der Waals surface area contributed by atoms with Crippen LogP contribution in [0.2, 0.25) is 0 Å². The Bertz CT molecular complexity index is 309. The van der Waals surface area contributed by atoms with Crippen molar-refractivity contribution < 1.29 is 4.74 Å². The largest absolute Gasteiger partial charge is 0.375 e. The van der Waals surface area contributed by atoms with Gasteiger partial charge >= 0.3 is 0 Å². The topological polar surface area (TPSA) is 53.1 Å². The van der Waals surface area contributed by atoms with E-state index in [0.29, 0.717) is 13.2 Å². The zero-order valence-electron chi connectivity index (χ0n) is 10.6. The average Bonchev–Trinajstić information content (AvgIpc) is 2.70. The van der Waals surface area contributed by atoms with E-state index in [0.717, 1.165) is 25.1 Å². The maximum Gasteiger partial charge on any atom is 0.0892 e. The Hall–Kier alpha value is -0.870. The maximum atomic E-state index is 5.67. The van der Waals surface area contributed by atoms with E-state index in [1.807, 2.05) is 11.6 Å². The average molecular weight is 225 g/mol. The molecule has 0 saturated carbocycles. The quantitative estimate of drug-likeness (QED) is 0.762. The first-order valence-electron chi connectivity index (χ1n) is 6.12. The van der Waals surface area contributed by atoms with Crippen molar-refractivity contribution in [3.8, 4) is 0 Å². The second kappa shape index (κ2) is 6.66. The molecule has 1 unspecified atom stereocenters. The van der Waals surface area contributed by atoms with Crippen molar-refractivity contribution >= 4 is 0 Å². The Kier molecular flexibility index (Phi) is 5.49. The third-order valence-electron chi connectivity index (χ3n) is 2.68. The molecule has 16 heavy (non-hydrogen) atoms. The molecule has 0 aromatic carbocycles. The van der Waals surface area contributed by atoms with Crippen molar-refractivity contribution in [1.82, 2.24) is 9.78 Å². The van der Waals surface area contributed by atoms with Crippen LogP contribution in [0.5, 0.6) is 0 Å². The molecule has 0 bridgehead atoms. The van der Waals surface area contributed by atoms with Crippen LogP contribution in [-0.4, -0.2) is 29.0 Å². The van der Waals surface area contributed by atoms with Crippen molar-refractivity contribution in [2.75, 3.05) is 13.2 Å². The van der Waals surface area contributed by atoms with E-state index < -0.39 is 0 Å². The van der Waals surface area contributed by atoms with Gasteiger partial charge in [0.1, 0.15) is 0 Å². The highest BCUT2D eigenvalue weighted by atomic mass is 16.5. The summed E-state index contributed by atoms with van der Waals surface area (Å²) in [5, 5.41) is 4.55. The SMILES string of the molecule is CCOC(CN)Cn1nc(CC)cc1CC. The van der Waals surface area contributed by atoms with Gasteiger partial charge in [-0.2, -0.15) is 5.10 Å². The van der Waals surface area contributed by atoms with Crippen molar-refractivity contribution in [3.63, 3.8) is 0 Å². The second-order valence-corrected chi connectivity index (χ2v) is 3.83. The van der Waals surface area contributed by atoms with Crippen molar-refractivity contribution in [1.29, 1.82) is 0 Å². The number of hydrogen-bond donors (Lipinski definition) is 1. The van der Waals surface area contributed by atoms with E-state index in [2.05, 4.69) is 25.0 Å². The Morgan fingerprint density at radius 1 is 1.38 bits per heavy atom. The van der Waals surface area contributed by atoms with Crippen LogP contribution in [-0.2, 0) is 24.1 Å². The van der Waals surface area contributed by atoms with E-state index >= 15 is 0 Å². The molecular weight excluding hydrogens is 202 g/mol. The van der Waals surface area contributed by atoms with Gasteiger partial charge in [0.15, 0.2) is 0 Å². The Balaban J connectivity index is 2.73. The van der Waals surface area contributed by atoms with E-state index in [-0.39, 0.29) is 6.10 Å². The summed E-state index contributed by atoms with van der Waals surface area (Å²) in [6, 6.07) is 2.17. The van der Waals surface area contributed by atoms with Gasteiger partial charge < -0.3 is 10.5 Å². The van der Waals surface area contributed by atoms with Crippen LogP contribution >= 0.6 is 0 Å². The summed E-state index contributed by atoms with van der Waals surface area (Å²) >= 11 is 0. The summed E-state index contributed by atoms with van der Waals surface area (Å²) in [5.74, 6) is 0. The van der Waals surface area contributed by atoms with Gasteiger partial charge in [0.05, 0.1) is 18.3 Å². The number of aromatic nitrogens is 2. The maximum absolute atomic E-state index is 5.67. The number of rotatable bonds is 7. The summed E-state index contributed by atoms with van der Waals surface area (Å²) in [7, 11) is 0. The van der Waals surface area contributed by atoms with Gasteiger partial charge in [0, 0.05) is 18.8 Å². The lowest BCUT2D eigenvalue weighted by Gasteiger charge is -2.16. The van der Waals surface area contributed by atoms with E-state index in [1.165, 1.54) is 5.69 Å². The van der Waals surface area contributed by atoms with Crippen LogP contribution < -0.4 is 5.73 Å². The Morgan fingerprint density at radius 2 is 2.12 bits per heavy atom. The highest BCUT2D eigenvalue weighted by molar-refractivity contribution is 5.10. The van der Waals surface area contributed by atoms with Crippen LogP contribution in [0.3, 0.4) is 0 Å². The summed E-state index contributed by atoms with van der Waals surface area (Å²) in [6.45, 7) is 8.25. The second-order valence-electron chi connectivity index (χ2n) is 3.83. The summed E-state index contributed by atoms with van der Waals surface area (Å²) in [4.78, 5) is 0. The predicted molar refractivity (Wildman–Crippen MR) is 65.5 cm³/mol. The molecule has 4 heteroatoms. The third kappa shape index (κ3) is 3.32. The van der Waals surface area contributed by atoms with Crippen LogP contribution in [0, 0.1) is 0 Å². The molecule has 0 aliphatic rings. The molecule has 0 radical (unpaired) electrons. The molecular formula is C12H23N3O. The number of nitrogens with zero attached hydrogens (tertiary/aromatic N) is 2. The fraction of sp³-hybridized carbons (Fsp3) is 0.750. The van der Waals surface area contributed by atoms with Crippen LogP contribution in [0.25, 0.3) is 0 Å². The molecule has 1 heterocycles. The number of aryl methyl sites for hydroxylation is 2. The van der Waals surface area contributed by atoms with Crippen LogP contribution in [0.15, 0.2) is 6.07 Å². The first-order chi connectivity index (χ1) is 7.74. The lowest BCUT2D eigenvalue weighted by atomic mass is 10.2. The zero-order valence-corrected chi connectivity index (χ0v) is 10.6. The molecule has 2 N–H and O–H groups in total. The lowest BCUT2D eigenvalue weighted by Crippen LogP contribution is -2.29. The summed E-state index contributed by atoms with van der Waals surface area (Å²) in [5.41, 5.74) is 8.07. The highest BCUT2D eigenvalue weighted by Crippen LogP contribution is 2.08. The molecule has 1 aromatic heterocycles. The van der Waals surface area contributed by atoms with Crippen molar-refractivity contribution in [2.45, 2.75) is 46.3 Å². The lowest BCUT2D eigenvalue weighted by molar-refractivity contribution is 0.0536. The fourth-order valence-corrected chi connectivity index (χ4v) is 1.75. The van der Waals surface area contributed by atoms with Gasteiger partial charge in [-0.05, 0) is 25.8 Å². The normalized spacial score (nSPS) is 13.0. The van der Waals surface area contributed by atoms with Gasteiger partial charge in [0.25, 0.3) is 0 Å². The Morgan fingerprint density at radius 3 is 2.62 bits per heavy atom. The molecule has 0 spiro atoms. The summed E-state index contributed by atoms with van der Waals surface area (Å²) < 4.78 is 7.59. The number of hydrogen-bond acceptors (Lipinski definition) is 3. The van der Waals surface area contributed by atoms with Gasteiger partial charge in [0.2, 0.25) is 0 Å². The third-order valence-corrected chi connectivity index (χ3v) is 2.68. The Labute approximate surface area is 97.8 Å². The molecule has 0 saturated heterocycles. The molecule has 0 aliphatic carbocycles. The van der Waals surface area contributed by atoms with Crippen LogP contribution in [0.4, 0.5) is 0 Å². The molecule has 0 amide bonds. The van der Waals surface area contributed by atoms with Crippen molar-refractivity contribution in [3.05, 3.63) is 17.5 Å². The minimum atomic E-state index is 0.0694. The number of ether oxygens (including phenoxy) is 1. The predicted octanol–water partition coefficient (Wildman–Crippen LogP) is 1.37. The van der Waals surface area contributed by atoms with Crippen molar-refractivity contribution in [2.24, 2.45) is 5.73 Å². The van der Waals surface area contributed by atoms with Gasteiger partial charge in [-0.1, -0.05) is 13.8 Å². The standard InChI is InChI=1S/C12H23N3O/c1-4-10-7-11(5-2)15(14-10)9-12(8-13)16-6-3/h7,12H,4-6,8-9,13H2,1-3H3. The number of nitrogens with two attached hydrogens (primary N) is 1.